The Bertz CT molecular complexity index is 778. The molecule has 1 aromatic carbocycles. The largest absolute Gasteiger partial charge is 0.466 e. The molecule has 0 atom stereocenters. The highest BCUT2D eigenvalue weighted by Gasteiger charge is 2.19. The highest BCUT2D eigenvalue weighted by molar-refractivity contribution is 6.02. The molecule has 1 aliphatic heterocycles. The number of hydrogen-bond donors (Lipinski definition) is 2. The van der Waals surface area contributed by atoms with Gasteiger partial charge in [0.15, 0.2) is 0 Å². The summed E-state index contributed by atoms with van der Waals surface area (Å²) in [7, 11) is 0. The normalized spacial score (nSPS) is 14.2. The molecule has 3 rings (SSSR count). The van der Waals surface area contributed by atoms with Crippen LogP contribution in [0.15, 0.2) is 34.7 Å². The van der Waals surface area contributed by atoms with Gasteiger partial charge in [-0.1, -0.05) is 12.1 Å². The molecule has 1 aliphatic rings. The number of morpholine rings is 1. The molecular weight excluding hydrogens is 322 g/mol. The van der Waals surface area contributed by atoms with Crippen LogP contribution in [-0.4, -0.2) is 38.1 Å². The second-order valence-corrected chi connectivity index (χ2v) is 5.85. The first-order valence-corrected chi connectivity index (χ1v) is 8.15. The molecule has 2 aromatic rings. The van der Waals surface area contributed by atoms with Crippen molar-refractivity contribution in [1.29, 1.82) is 0 Å². The second kappa shape index (κ2) is 7.40. The van der Waals surface area contributed by atoms with Crippen LogP contribution in [-0.2, 0) is 4.74 Å². The van der Waals surface area contributed by atoms with E-state index in [1.54, 1.807) is 32.0 Å². The number of nitrogens with one attached hydrogen (secondary N) is 2. The monoisotopic (exact) mass is 343 g/mol. The summed E-state index contributed by atoms with van der Waals surface area (Å²) in [5.74, 6) is 0.379. The maximum absolute atomic E-state index is 12.5. The summed E-state index contributed by atoms with van der Waals surface area (Å²) in [6, 6.07) is 8.95. The van der Waals surface area contributed by atoms with Crippen LogP contribution in [0, 0.1) is 13.8 Å². The average molecular weight is 343 g/mol. The minimum absolute atomic E-state index is 0.367. The van der Waals surface area contributed by atoms with Crippen LogP contribution in [0.1, 0.15) is 32.2 Å². The summed E-state index contributed by atoms with van der Waals surface area (Å²) in [4.78, 5) is 26.8. The molecule has 2 amide bonds. The third-order valence-corrected chi connectivity index (χ3v) is 4.08. The molecule has 25 heavy (non-hydrogen) atoms. The summed E-state index contributed by atoms with van der Waals surface area (Å²) in [6.07, 6.45) is 0. The number of anilines is 1. The first kappa shape index (κ1) is 17.0. The zero-order valence-corrected chi connectivity index (χ0v) is 14.3. The summed E-state index contributed by atoms with van der Waals surface area (Å²) >= 11 is 0. The van der Waals surface area contributed by atoms with E-state index in [1.807, 2.05) is 12.1 Å². The smallest absolute Gasteiger partial charge is 0.273 e. The third-order valence-electron chi connectivity index (χ3n) is 4.08. The fraction of sp³-hybridized carbons (Fsp3) is 0.333. The second-order valence-electron chi connectivity index (χ2n) is 5.85. The van der Waals surface area contributed by atoms with Crippen molar-refractivity contribution in [3.8, 4) is 0 Å². The SMILES string of the molecule is Cc1cc(C(=O)NNC(=O)c2ccccc2N2CCOCC2)c(C)o1. The standard InChI is InChI=1S/C18H21N3O4/c1-12-11-15(13(2)25-12)18(23)20-19-17(22)14-5-3-4-6-16(14)21-7-9-24-10-8-21/h3-6,11H,7-10H2,1-2H3,(H,19,22)(H,20,23). The molecule has 0 bridgehead atoms. The number of amides is 2. The van der Waals surface area contributed by atoms with Crippen LogP contribution in [0.3, 0.4) is 0 Å². The Balaban J connectivity index is 1.69. The van der Waals surface area contributed by atoms with Gasteiger partial charge in [0.05, 0.1) is 24.3 Å². The van der Waals surface area contributed by atoms with E-state index in [0.717, 1.165) is 18.8 Å². The van der Waals surface area contributed by atoms with Gasteiger partial charge < -0.3 is 14.1 Å². The summed E-state index contributed by atoms with van der Waals surface area (Å²) in [5.41, 5.74) is 6.65. The molecular formula is C18H21N3O4. The van der Waals surface area contributed by atoms with Crippen LogP contribution in [0.2, 0.25) is 0 Å². The van der Waals surface area contributed by atoms with Gasteiger partial charge in [-0.2, -0.15) is 0 Å². The average Bonchev–Trinajstić information content (AvgIpc) is 2.98. The van der Waals surface area contributed by atoms with Gasteiger partial charge in [0.1, 0.15) is 11.5 Å². The lowest BCUT2D eigenvalue weighted by Crippen LogP contribution is -2.43. The van der Waals surface area contributed by atoms with Crippen LogP contribution in [0.5, 0.6) is 0 Å². The lowest BCUT2D eigenvalue weighted by atomic mass is 10.1. The van der Waals surface area contributed by atoms with Crippen molar-refractivity contribution in [2.75, 3.05) is 31.2 Å². The van der Waals surface area contributed by atoms with E-state index in [-0.39, 0.29) is 5.91 Å². The minimum atomic E-state index is -0.411. The molecule has 7 nitrogen and oxygen atoms in total. The van der Waals surface area contributed by atoms with Crippen LogP contribution in [0.4, 0.5) is 5.69 Å². The van der Waals surface area contributed by atoms with Crippen molar-refractivity contribution in [1.82, 2.24) is 10.9 Å². The van der Waals surface area contributed by atoms with E-state index in [4.69, 9.17) is 9.15 Å². The summed E-state index contributed by atoms with van der Waals surface area (Å²) < 4.78 is 10.7. The van der Waals surface area contributed by atoms with Crippen LogP contribution in [0.25, 0.3) is 0 Å². The van der Waals surface area contributed by atoms with Gasteiger partial charge in [0.25, 0.3) is 11.8 Å². The first-order valence-electron chi connectivity index (χ1n) is 8.15. The number of carbonyl (C=O) groups excluding carboxylic acids is 2. The van der Waals surface area contributed by atoms with Crippen LogP contribution >= 0.6 is 0 Å². The molecule has 0 aliphatic carbocycles. The number of carbonyl (C=O) groups is 2. The minimum Gasteiger partial charge on any atom is -0.466 e. The highest BCUT2D eigenvalue weighted by Crippen LogP contribution is 2.21. The lowest BCUT2D eigenvalue weighted by molar-refractivity contribution is 0.0845. The maximum Gasteiger partial charge on any atom is 0.273 e. The Kier molecular flexibility index (Phi) is 5.04. The fourth-order valence-electron chi connectivity index (χ4n) is 2.85. The van der Waals surface area contributed by atoms with Crippen molar-refractivity contribution in [3.05, 3.63) is 53.0 Å². The van der Waals surface area contributed by atoms with Gasteiger partial charge >= 0.3 is 0 Å². The third kappa shape index (κ3) is 3.83. The molecule has 2 heterocycles. The number of ether oxygens (including phenoxy) is 1. The predicted octanol–water partition coefficient (Wildman–Crippen LogP) is 1.81. The predicted molar refractivity (Wildman–Crippen MR) is 92.6 cm³/mol. The number of hydrogen-bond acceptors (Lipinski definition) is 5. The van der Waals surface area contributed by atoms with Gasteiger partial charge in [0, 0.05) is 18.8 Å². The van der Waals surface area contributed by atoms with E-state index >= 15 is 0 Å². The summed E-state index contributed by atoms with van der Waals surface area (Å²) in [6.45, 7) is 6.18. The Hall–Kier alpha value is -2.80. The molecule has 1 fully saturated rings. The topological polar surface area (TPSA) is 83.8 Å². The molecule has 1 aromatic heterocycles. The summed E-state index contributed by atoms with van der Waals surface area (Å²) in [5, 5.41) is 0. The maximum atomic E-state index is 12.5. The molecule has 7 heteroatoms. The van der Waals surface area contributed by atoms with E-state index < -0.39 is 5.91 Å². The number of furan rings is 1. The number of rotatable bonds is 3. The zero-order valence-electron chi connectivity index (χ0n) is 14.3. The van der Waals surface area contributed by atoms with E-state index in [9.17, 15) is 9.59 Å². The van der Waals surface area contributed by atoms with Crippen molar-refractivity contribution < 1.29 is 18.7 Å². The van der Waals surface area contributed by atoms with E-state index in [1.165, 1.54) is 0 Å². The molecule has 0 saturated carbocycles. The van der Waals surface area contributed by atoms with Gasteiger partial charge in [0.2, 0.25) is 0 Å². The van der Waals surface area contributed by atoms with Gasteiger partial charge in [-0.25, -0.2) is 0 Å². The van der Waals surface area contributed by atoms with Crippen molar-refractivity contribution in [2.45, 2.75) is 13.8 Å². The number of benzene rings is 1. The van der Waals surface area contributed by atoms with Crippen molar-refractivity contribution in [2.24, 2.45) is 0 Å². The molecule has 1 saturated heterocycles. The molecule has 132 valence electrons. The number of nitrogens with zero attached hydrogens (tertiary/aromatic N) is 1. The fourth-order valence-corrected chi connectivity index (χ4v) is 2.85. The molecule has 2 N–H and O–H groups in total. The van der Waals surface area contributed by atoms with Crippen LogP contribution < -0.4 is 15.8 Å². The Morgan fingerprint density at radius 1 is 1.00 bits per heavy atom. The number of aryl methyl sites for hydroxylation is 2. The Morgan fingerprint density at radius 3 is 2.28 bits per heavy atom. The van der Waals surface area contributed by atoms with Crippen molar-refractivity contribution >= 4 is 17.5 Å². The Morgan fingerprint density at radius 2 is 1.64 bits per heavy atom. The number of para-hydroxylation sites is 1. The Labute approximate surface area is 145 Å². The number of hydrazine groups is 1. The van der Waals surface area contributed by atoms with Gasteiger partial charge in [-0.3, -0.25) is 20.4 Å². The van der Waals surface area contributed by atoms with E-state index in [2.05, 4.69) is 15.8 Å². The molecule has 0 spiro atoms. The van der Waals surface area contributed by atoms with Gasteiger partial charge in [-0.15, -0.1) is 0 Å². The van der Waals surface area contributed by atoms with E-state index in [0.29, 0.717) is 35.9 Å². The van der Waals surface area contributed by atoms with Gasteiger partial charge in [-0.05, 0) is 32.0 Å². The quantitative estimate of drug-likeness (QED) is 0.831. The lowest BCUT2D eigenvalue weighted by Gasteiger charge is -2.30. The highest BCUT2D eigenvalue weighted by atomic mass is 16.5. The van der Waals surface area contributed by atoms with Crippen molar-refractivity contribution in [3.63, 3.8) is 0 Å². The molecule has 0 unspecified atom stereocenters. The zero-order chi connectivity index (χ0) is 17.8. The molecule has 0 radical (unpaired) electrons. The first-order chi connectivity index (χ1) is 12.1.